The molecule has 104 valence electrons. The van der Waals surface area contributed by atoms with E-state index in [1.807, 2.05) is 55.5 Å². The van der Waals surface area contributed by atoms with Gasteiger partial charge in [0, 0.05) is 20.3 Å². The molecule has 1 aromatic heterocycles. The Balaban J connectivity index is 2.58. The van der Waals surface area contributed by atoms with E-state index in [-0.39, 0.29) is 6.03 Å². The minimum atomic E-state index is -0.622. The third kappa shape index (κ3) is 2.37. The van der Waals surface area contributed by atoms with Gasteiger partial charge in [-0.3, -0.25) is 4.98 Å². The molecule has 4 nitrogen and oxygen atoms in total. The minimum absolute atomic E-state index is 0.151. The van der Waals surface area contributed by atoms with E-state index in [0.717, 1.165) is 11.3 Å². The Bertz CT molecular complexity index is 529. The highest BCUT2D eigenvalue weighted by Gasteiger charge is 2.37. The van der Waals surface area contributed by atoms with Crippen LogP contribution in [-0.2, 0) is 5.54 Å². The second-order valence-corrected chi connectivity index (χ2v) is 4.77. The molecule has 0 unspecified atom stereocenters. The minimum Gasteiger partial charge on any atom is -0.341 e. The molecule has 2 rings (SSSR count). The predicted octanol–water partition coefficient (Wildman–Crippen LogP) is 2.62. The molecule has 0 fully saturated rings. The quantitative estimate of drug-likeness (QED) is 0.931. The number of pyridine rings is 1. The van der Waals surface area contributed by atoms with E-state index in [9.17, 15) is 4.79 Å². The summed E-state index contributed by atoms with van der Waals surface area (Å²) < 4.78 is 0. The van der Waals surface area contributed by atoms with Crippen molar-refractivity contribution in [2.24, 2.45) is 0 Å². The molecular formula is C16H19N3O. The molecule has 1 atom stereocenters. The SMILES string of the molecule is CNC(=O)N(C)[C@@](C)(c1ccccc1)c1ccccn1. The summed E-state index contributed by atoms with van der Waals surface area (Å²) in [5, 5.41) is 2.67. The van der Waals surface area contributed by atoms with E-state index in [1.54, 1.807) is 25.2 Å². The monoisotopic (exact) mass is 269 g/mol. The topological polar surface area (TPSA) is 45.2 Å². The summed E-state index contributed by atoms with van der Waals surface area (Å²) in [6.45, 7) is 2.00. The standard InChI is InChI=1S/C16H19N3O/c1-16(19(3)15(20)17-2,13-9-5-4-6-10-13)14-11-7-8-12-18-14/h4-12H,1-3H3,(H,17,20)/t16-/m0/s1. The summed E-state index contributed by atoms with van der Waals surface area (Å²) in [5.41, 5.74) is 1.23. The molecular weight excluding hydrogens is 250 g/mol. The second-order valence-electron chi connectivity index (χ2n) is 4.77. The van der Waals surface area contributed by atoms with Crippen molar-refractivity contribution >= 4 is 6.03 Å². The molecule has 1 heterocycles. The van der Waals surface area contributed by atoms with Crippen LogP contribution in [0.15, 0.2) is 54.7 Å². The molecule has 4 heteroatoms. The summed E-state index contributed by atoms with van der Waals surface area (Å²) in [4.78, 5) is 18.2. The van der Waals surface area contributed by atoms with Crippen LogP contribution in [0.4, 0.5) is 4.79 Å². The molecule has 0 saturated heterocycles. The normalized spacial score (nSPS) is 13.3. The van der Waals surface area contributed by atoms with Gasteiger partial charge in [0.25, 0.3) is 0 Å². The van der Waals surface area contributed by atoms with Crippen LogP contribution in [0.5, 0.6) is 0 Å². The van der Waals surface area contributed by atoms with E-state index in [1.165, 1.54) is 0 Å². The van der Waals surface area contributed by atoms with Crippen molar-refractivity contribution < 1.29 is 4.79 Å². The number of carbonyl (C=O) groups is 1. The number of nitrogens with zero attached hydrogens (tertiary/aromatic N) is 2. The summed E-state index contributed by atoms with van der Waals surface area (Å²) in [5.74, 6) is 0. The van der Waals surface area contributed by atoms with Crippen LogP contribution < -0.4 is 5.32 Å². The maximum Gasteiger partial charge on any atom is 0.317 e. The van der Waals surface area contributed by atoms with Crippen molar-refractivity contribution in [2.75, 3.05) is 14.1 Å². The van der Waals surface area contributed by atoms with Gasteiger partial charge in [0.2, 0.25) is 0 Å². The van der Waals surface area contributed by atoms with Crippen LogP contribution in [0.1, 0.15) is 18.2 Å². The first-order chi connectivity index (χ1) is 9.60. The highest BCUT2D eigenvalue weighted by molar-refractivity contribution is 5.75. The Morgan fingerprint density at radius 1 is 1.15 bits per heavy atom. The van der Waals surface area contributed by atoms with Crippen molar-refractivity contribution in [3.05, 3.63) is 66.0 Å². The van der Waals surface area contributed by atoms with Crippen LogP contribution in [0.3, 0.4) is 0 Å². The fourth-order valence-electron chi connectivity index (χ4n) is 2.30. The number of urea groups is 1. The highest BCUT2D eigenvalue weighted by atomic mass is 16.2. The van der Waals surface area contributed by atoms with Gasteiger partial charge in [-0.15, -0.1) is 0 Å². The summed E-state index contributed by atoms with van der Waals surface area (Å²) >= 11 is 0. The number of aromatic nitrogens is 1. The third-order valence-electron chi connectivity index (χ3n) is 3.69. The summed E-state index contributed by atoms with van der Waals surface area (Å²) in [7, 11) is 3.41. The second kappa shape index (κ2) is 5.74. The number of amides is 2. The lowest BCUT2D eigenvalue weighted by molar-refractivity contribution is 0.166. The van der Waals surface area contributed by atoms with Gasteiger partial charge in [0.05, 0.1) is 5.69 Å². The first-order valence-electron chi connectivity index (χ1n) is 6.53. The van der Waals surface area contributed by atoms with Gasteiger partial charge in [-0.2, -0.15) is 0 Å². The fourth-order valence-corrected chi connectivity index (χ4v) is 2.30. The summed E-state index contributed by atoms with van der Waals surface area (Å²) in [6, 6.07) is 15.5. The lowest BCUT2D eigenvalue weighted by atomic mass is 9.86. The molecule has 2 amide bonds. The number of carbonyl (C=O) groups excluding carboxylic acids is 1. The number of rotatable bonds is 3. The molecule has 0 aliphatic heterocycles. The van der Waals surface area contributed by atoms with Crippen LogP contribution in [0.2, 0.25) is 0 Å². The van der Waals surface area contributed by atoms with Gasteiger partial charge in [-0.25, -0.2) is 4.79 Å². The van der Waals surface area contributed by atoms with E-state index in [0.29, 0.717) is 0 Å². The molecule has 1 N–H and O–H groups in total. The molecule has 2 aromatic rings. The molecule has 0 spiro atoms. The molecule has 1 aromatic carbocycles. The van der Waals surface area contributed by atoms with E-state index < -0.39 is 5.54 Å². The highest BCUT2D eigenvalue weighted by Crippen LogP contribution is 2.33. The van der Waals surface area contributed by atoms with Gasteiger partial charge in [-0.05, 0) is 24.6 Å². The Morgan fingerprint density at radius 3 is 2.35 bits per heavy atom. The Hall–Kier alpha value is -2.36. The van der Waals surface area contributed by atoms with Gasteiger partial charge >= 0.3 is 6.03 Å². The first-order valence-corrected chi connectivity index (χ1v) is 6.53. The largest absolute Gasteiger partial charge is 0.341 e. The zero-order valence-electron chi connectivity index (χ0n) is 12.0. The van der Waals surface area contributed by atoms with Gasteiger partial charge in [0.15, 0.2) is 0 Å². The molecule has 0 saturated carbocycles. The van der Waals surface area contributed by atoms with E-state index >= 15 is 0 Å². The third-order valence-corrected chi connectivity index (χ3v) is 3.69. The maximum atomic E-state index is 12.1. The molecule has 0 bridgehead atoms. The smallest absolute Gasteiger partial charge is 0.317 e. The first kappa shape index (κ1) is 14.1. The predicted molar refractivity (Wildman–Crippen MR) is 79.4 cm³/mol. The number of hydrogen-bond donors (Lipinski definition) is 1. The van der Waals surface area contributed by atoms with Crippen LogP contribution >= 0.6 is 0 Å². The van der Waals surface area contributed by atoms with Crippen LogP contribution in [0, 0.1) is 0 Å². The zero-order valence-corrected chi connectivity index (χ0v) is 12.0. The molecule has 0 aliphatic rings. The van der Waals surface area contributed by atoms with E-state index in [2.05, 4.69) is 10.3 Å². The van der Waals surface area contributed by atoms with E-state index in [4.69, 9.17) is 0 Å². The van der Waals surface area contributed by atoms with Crippen LogP contribution in [-0.4, -0.2) is 30.0 Å². The van der Waals surface area contributed by atoms with Crippen molar-refractivity contribution in [1.29, 1.82) is 0 Å². The number of hydrogen-bond acceptors (Lipinski definition) is 2. The van der Waals surface area contributed by atoms with Crippen LogP contribution in [0.25, 0.3) is 0 Å². The van der Waals surface area contributed by atoms with Gasteiger partial charge < -0.3 is 10.2 Å². The van der Waals surface area contributed by atoms with Crippen molar-refractivity contribution in [1.82, 2.24) is 15.2 Å². The average Bonchev–Trinajstić information content (AvgIpc) is 2.54. The van der Waals surface area contributed by atoms with Crippen molar-refractivity contribution in [3.8, 4) is 0 Å². The number of benzene rings is 1. The van der Waals surface area contributed by atoms with Crippen molar-refractivity contribution in [3.63, 3.8) is 0 Å². The lowest BCUT2D eigenvalue weighted by Crippen LogP contribution is -2.49. The lowest BCUT2D eigenvalue weighted by Gasteiger charge is -2.38. The zero-order chi connectivity index (χ0) is 14.6. The molecule has 0 aliphatic carbocycles. The Kier molecular flexibility index (Phi) is 4.03. The Labute approximate surface area is 119 Å². The maximum absolute atomic E-state index is 12.1. The average molecular weight is 269 g/mol. The van der Waals surface area contributed by atoms with Crippen molar-refractivity contribution in [2.45, 2.75) is 12.5 Å². The molecule has 20 heavy (non-hydrogen) atoms. The molecule has 0 radical (unpaired) electrons. The summed E-state index contributed by atoms with van der Waals surface area (Å²) in [6.07, 6.45) is 1.74. The van der Waals surface area contributed by atoms with Gasteiger partial charge in [0.1, 0.15) is 5.54 Å². The van der Waals surface area contributed by atoms with Gasteiger partial charge in [-0.1, -0.05) is 36.4 Å². The Morgan fingerprint density at radius 2 is 1.80 bits per heavy atom. The fraction of sp³-hybridized carbons (Fsp3) is 0.250. The number of nitrogens with one attached hydrogen (secondary N) is 1.